The van der Waals surface area contributed by atoms with E-state index in [4.69, 9.17) is 0 Å². The van der Waals surface area contributed by atoms with Gasteiger partial charge in [0.2, 0.25) is 5.91 Å². The van der Waals surface area contributed by atoms with Crippen LogP contribution in [0.15, 0.2) is 12.1 Å². The molecule has 2 aliphatic rings. The molecule has 1 aromatic heterocycles. The first-order valence-corrected chi connectivity index (χ1v) is 8.98. The number of nitrogens with one attached hydrogen (secondary N) is 1. The highest BCUT2D eigenvalue weighted by atomic mass is 32.1. The van der Waals surface area contributed by atoms with E-state index in [2.05, 4.69) is 11.4 Å². The minimum absolute atomic E-state index is 0.108. The van der Waals surface area contributed by atoms with Crippen molar-refractivity contribution in [1.29, 1.82) is 0 Å². The summed E-state index contributed by atoms with van der Waals surface area (Å²) < 4.78 is 0. The first-order valence-electron chi connectivity index (χ1n) is 8.17. The molecule has 0 aromatic carbocycles. The molecular weight excluding hydrogens is 282 g/mol. The molecule has 1 aromatic rings. The van der Waals surface area contributed by atoms with Crippen molar-refractivity contribution in [3.8, 4) is 0 Å². The molecule has 2 saturated carbocycles. The SMILES string of the molecule is CC(O)c1ccc(C2(CNC(=O)C3CCC3)CCCC2)s1. The van der Waals surface area contributed by atoms with Crippen molar-refractivity contribution >= 4 is 17.2 Å². The monoisotopic (exact) mass is 307 g/mol. The molecule has 1 atom stereocenters. The summed E-state index contributed by atoms with van der Waals surface area (Å²) in [5, 5.41) is 12.9. The molecule has 2 fully saturated rings. The Bertz CT molecular complexity index is 499. The Balaban J connectivity index is 1.70. The lowest BCUT2D eigenvalue weighted by atomic mass is 9.82. The van der Waals surface area contributed by atoms with Gasteiger partial charge in [-0.15, -0.1) is 11.3 Å². The van der Waals surface area contributed by atoms with Crippen LogP contribution in [-0.2, 0) is 10.2 Å². The van der Waals surface area contributed by atoms with Crippen LogP contribution >= 0.6 is 11.3 Å². The Hall–Kier alpha value is -0.870. The van der Waals surface area contributed by atoms with Crippen molar-refractivity contribution in [2.75, 3.05) is 6.54 Å². The molecule has 116 valence electrons. The first-order chi connectivity index (χ1) is 10.1. The molecule has 0 spiro atoms. The molecule has 1 amide bonds. The van der Waals surface area contributed by atoms with Crippen LogP contribution in [0.2, 0.25) is 0 Å². The Kier molecular flexibility index (Phi) is 4.36. The van der Waals surface area contributed by atoms with Gasteiger partial charge in [0.05, 0.1) is 6.10 Å². The van der Waals surface area contributed by atoms with Gasteiger partial charge in [-0.2, -0.15) is 0 Å². The van der Waals surface area contributed by atoms with Crippen LogP contribution in [0.5, 0.6) is 0 Å². The number of carbonyl (C=O) groups excluding carboxylic acids is 1. The third-order valence-corrected chi connectivity index (χ3v) is 6.70. The minimum atomic E-state index is -0.397. The van der Waals surface area contributed by atoms with Crippen molar-refractivity contribution < 1.29 is 9.90 Å². The number of hydrogen-bond acceptors (Lipinski definition) is 3. The molecule has 2 aliphatic carbocycles. The standard InChI is InChI=1S/C17H25NO2S/c1-12(19)14-7-8-15(21-14)17(9-2-3-10-17)11-18-16(20)13-5-4-6-13/h7-8,12-13,19H,2-6,9-11H2,1H3,(H,18,20). The highest BCUT2D eigenvalue weighted by Crippen LogP contribution is 2.44. The van der Waals surface area contributed by atoms with Crippen LogP contribution in [0.4, 0.5) is 0 Å². The van der Waals surface area contributed by atoms with Crippen LogP contribution in [0.3, 0.4) is 0 Å². The predicted octanol–water partition coefficient (Wildman–Crippen LogP) is 3.53. The summed E-state index contributed by atoms with van der Waals surface area (Å²) >= 11 is 1.72. The molecule has 21 heavy (non-hydrogen) atoms. The van der Waals surface area contributed by atoms with E-state index in [-0.39, 0.29) is 17.2 Å². The number of aliphatic hydroxyl groups excluding tert-OH is 1. The second-order valence-electron chi connectivity index (χ2n) is 6.71. The molecule has 0 saturated heterocycles. The van der Waals surface area contributed by atoms with Crippen molar-refractivity contribution in [2.24, 2.45) is 5.92 Å². The van der Waals surface area contributed by atoms with Crippen molar-refractivity contribution in [1.82, 2.24) is 5.32 Å². The summed E-state index contributed by atoms with van der Waals surface area (Å²) in [5.74, 6) is 0.514. The van der Waals surface area contributed by atoms with E-state index in [1.165, 1.54) is 24.1 Å². The van der Waals surface area contributed by atoms with Gasteiger partial charge in [0.25, 0.3) is 0 Å². The van der Waals surface area contributed by atoms with Gasteiger partial charge in [-0.05, 0) is 44.7 Å². The van der Waals surface area contributed by atoms with Gasteiger partial charge in [-0.1, -0.05) is 19.3 Å². The smallest absolute Gasteiger partial charge is 0.223 e. The van der Waals surface area contributed by atoms with Gasteiger partial charge in [0.15, 0.2) is 0 Å². The third kappa shape index (κ3) is 3.02. The van der Waals surface area contributed by atoms with E-state index in [9.17, 15) is 9.90 Å². The van der Waals surface area contributed by atoms with Gasteiger partial charge in [-0.3, -0.25) is 4.79 Å². The number of amides is 1. The largest absolute Gasteiger partial charge is 0.388 e. The molecule has 4 heteroatoms. The fourth-order valence-electron chi connectivity index (χ4n) is 3.50. The average molecular weight is 307 g/mol. The average Bonchev–Trinajstić information content (AvgIpc) is 3.04. The molecular formula is C17H25NO2S. The summed E-state index contributed by atoms with van der Waals surface area (Å²) in [7, 11) is 0. The molecule has 0 bridgehead atoms. The Labute approximate surface area is 130 Å². The second kappa shape index (κ2) is 6.09. The number of carbonyl (C=O) groups is 1. The fourth-order valence-corrected chi connectivity index (χ4v) is 4.69. The topological polar surface area (TPSA) is 49.3 Å². The van der Waals surface area contributed by atoms with E-state index < -0.39 is 6.10 Å². The van der Waals surface area contributed by atoms with E-state index in [1.54, 1.807) is 11.3 Å². The molecule has 2 N–H and O–H groups in total. The molecule has 3 rings (SSSR count). The quantitative estimate of drug-likeness (QED) is 0.874. The zero-order valence-corrected chi connectivity index (χ0v) is 13.5. The van der Waals surface area contributed by atoms with Crippen LogP contribution < -0.4 is 5.32 Å². The number of hydrogen-bond donors (Lipinski definition) is 2. The van der Waals surface area contributed by atoms with Crippen LogP contribution in [-0.4, -0.2) is 17.6 Å². The van der Waals surface area contributed by atoms with E-state index >= 15 is 0 Å². The molecule has 3 nitrogen and oxygen atoms in total. The van der Waals surface area contributed by atoms with Crippen molar-refractivity contribution in [3.63, 3.8) is 0 Å². The number of rotatable bonds is 5. The maximum absolute atomic E-state index is 12.1. The Morgan fingerprint density at radius 3 is 2.62 bits per heavy atom. The van der Waals surface area contributed by atoms with Gasteiger partial charge in [-0.25, -0.2) is 0 Å². The van der Waals surface area contributed by atoms with Gasteiger partial charge < -0.3 is 10.4 Å². The summed E-state index contributed by atoms with van der Waals surface area (Å²) in [6.45, 7) is 2.58. The fraction of sp³-hybridized carbons (Fsp3) is 0.706. The highest BCUT2D eigenvalue weighted by Gasteiger charge is 2.38. The number of thiophene rings is 1. The molecule has 0 aliphatic heterocycles. The maximum atomic E-state index is 12.1. The van der Waals surface area contributed by atoms with Gasteiger partial charge in [0.1, 0.15) is 0 Å². The predicted molar refractivity (Wildman–Crippen MR) is 85.4 cm³/mol. The third-order valence-electron chi connectivity index (χ3n) is 5.20. The van der Waals surface area contributed by atoms with Crippen molar-refractivity contribution in [2.45, 2.75) is 63.4 Å². The van der Waals surface area contributed by atoms with Crippen molar-refractivity contribution in [3.05, 3.63) is 21.9 Å². The van der Waals surface area contributed by atoms with E-state index in [0.717, 1.165) is 37.1 Å². The lowest BCUT2D eigenvalue weighted by Crippen LogP contribution is -2.42. The van der Waals surface area contributed by atoms with Gasteiger partial charge in [0, 0.05) is 27.6 Å². The highest BCUT2D eigenvalue weighted by molar-refractivity contribution is 7.12. The van der Waals surface area contributed by atoms with Crippen LogP contribution in [0.25, 0.3) is 0 Å². The lowest BCUT2D eigenvalue weighted by Gasteiger charge is -2.31. The zero-order chi connectivity index (χ0) is 14.9. The normalized spacial score (nSPS) is 22.8. The zero-order valence-electron chi connectivity index (χ0n) is 12.7. The first kappa shape index (κ1) is 15.0. The van der Waals surface area contributed by atoms with Crippen LogP contribution in [0.1, 0.15) is 67.7 Å². The second-order valence-corrected chi connectivity index (χ2v) is 7.83. The molecule has 1 unspecified atom stereocenters. The Morgan fingerprint density at radius 1 is 1.38 bits per heavy atom. The van der Waals surface area contributed by atoms with E-state index in [1.807, 2.05) is 13.0 Å². The summed E-state index contributed by atoms with van der Waals surface area (Å²) in [6.07, 6.45) is 7.70. The van der Waals surface area contributed by atoms with Crippen LogP contribution in [0, 0.1) is 5.92 Å². The maximum Gasteiger partial charge on any atom is 0.223 e. The molecule has 0 radical (unpaired) electrons. The minimum Gasteiger partial charge on any atom is -0.388 e. The Morgan fingerprint density at radius 2 is 2.10 bits per heavy atom. The summed E-state index contributed by atoms with van der Waals surface area (Å²) in [4.78, 5) is 14.5. The lowest BCUT2D eigenvalue weighted by molar-refractivity contribution is -0.127. The number of aliphatic hydroxyl groups is 1. The van der Waals surface area contributed by atoms with E-state index in [0.29, 0.717) is 0 Å². The summed E-state index contributed by atoms with van der Waals surface area (Å²) in [5.41, 5.74) is 0.108. The van der Waals surface area contributed by atoms with Gasteiger partial charge >= 0.3 is 0 Å². The summed E-state index contributed by atoms with van der Waals surface area (Å²) in [6, 6.07) is 4.20. The molecule has 1 heterocycles.